The van der Waals surface area contributed by atoms with Crippen LogP contribution in [-0.4, -0.2) is 31.6 Å². The monoisotopic (exact) mass is 264 g/mol. The van der Waals surface area contributed by atoms with E-state index in [0.29, 0.717) is 6.54 Å². The highest BCUT2D eigenvalue weighted by atomic mass is 16.5. The van der Waals surface area contributed by atoms with Crippen molar-refractivity contribution in [3.63, 3.8) is 0 Å². The van der Waals surface area contributed by atoms with Gasteiger partial charge in [0.15, 0.2) is 0 Å². The number of hydrogen-bond acceptors (Lipinski definition) is 3. The molecule has 0 unspecified atom stereocenters. The maximum absolute atomic E-state index is 5.84. The second-order valence-corrected chi connectivity index (χ2v) is 5.93. The van der Waals surface area contributed by atoms with Gasteiger partial charge in [0.05, 0.1) is 7.11 Å². The van der Waals surface area contributed by atoms with E-state index in [4.69, 9.17) is 10.5 Å². The lowest BCUT2D eigenvalue weighted by Gasteiger charge is -2.31. The minimum absolute atomic E-state index is 0.161. The van der Waals surface area contributed by atoms with Gasteiger partial charge < -0.3 is 10.5 Å². The Kier molecular flexibility index (Phi) is 6.32. The lowest BCUT2D eigenvalue weighted by atomic mass is 9.93. The van der Waals surface area contributed by atoms with E-state index < -0.39 is 0 Å². The SMILES string of the molecule is CCCN(Cc1cccc(OC)c1)CC(C)(C)CN. The van der Waals surface area contributed by atoms with Crippen LogP contribution >= 0.6 is 0 Å². The molecule has 0 heterocycles. The van der Waals surface area contributed by atoms with Crippen LogP contribution in [-0.2, 0) is 6.54 Å². The molecule has 2 N–H and O–H groups in total. The van der Waals surface area contributed by atoms with Crippen LogP contribution in [0.5, 0.6) is 5.75 Å². The molecule has 0 fully saturated rings. The molecule has 3 heteroatoms. The molecule has 0 saturated carbocycles. The zero-order valence-electron chi connectivity index (χ0n) is 12.8. The van der Waals surface area contributed by atoms with Gasteiger partial charge in [-0.1, -0.05) is 32.9 Å². The Bertz CT molecular complexity index is 377. The highest BCUT2D eigenvalue weighted by Crippen LogP contribution is 2.19. The molecule has 0 aromatic heterocycles. The Morgan fingerprint density at radius 3 is 2.63 bits per heavy atom. The van der Waals surface area contributed by atoms with Gasteiger partial charge in [-0.05, 0) is 42.6 Å². The second-order valence-electron chi connectivity index (χ2n) is 5.93. The van der Waals surface area contributed by atoms with Crippen molar-refractivity contribution in [2.24, 2.45) is 11.1 Å². The quantitative estimate of drug-likeness (QED) is 0.784. The van der Waals surface area contributed by atoms with Crippen molar-refractivity contribution in [1.29, 1.82) is 0 Å². The van der Waals surface area contributed by atoms with Crippen LogP contribution in [0, 0.1) is 5.41 Å². The largest absolute Gasteiger partial charge is 0.497 e. The standard InChI is InChI=1S/C16H28N2O/c1-5-9-18(13-16(2,3)12-17)11-14-7-6-8-15(10-14)19-4/h6-8,10H,5,9,11-13,17H2,1-4H3. The minimum Gasteiger partial charge on any atom is -0.497 e. The Morgan fingerprint density at radius 1 is 1.32 bits per heavy atom. The number of ether oxygens (including phenoxy) is 1. The van der Waals surface area contributed by atoms with Crippen LogP contribution in [0.2, 0.25) is 0 Å². The van der Waals surface area contributed by atoms with E-state index in [0.717, 1.165) is 31.8 Å². The summed E-state index contributed by atoms with van der Waals surface area (Å²) in [5.74, 6) is 0.923. The molecule has 0 atom stereocenters. The lowest BCUT2D eigenvalue weighted by molar-refractivity contribution is 0.176. The lowest BCUT2D eigenvalue weighted by Crippen LogP contribution is -2.38. The fourth-order valence-electron chi connectivity index (χ4n) is 2.23. The summed E-state index contributed by atoms with van der Waals surface area (Å²) >= 11 is 0. The van der Waals surface area contributed by atoms with Crippen molar-refractivity contribution >= 4 is 0 Å². The van der Waals surface area contributed by atoms with Crippen molar-refractivity contribution < 1.29 is 4.74 Å². The summed E-state index contributed by atoms with van der Waals surface area (Å²) in [5, 5.41) is 0. The van der Waals surface area contributed by atoms with Crippen LogP contribution in [0.25, 0.3) is 0 Å². The number of methoxy groups -OCH3 is 1. The molecule has 0 amide bonds. The third-order valence-corrected chi connectivity index (χ3v) is 3.28. The van der Waals surface area contributed by atoms with Crippen LogP contribution < -0.4 is 10.5 Å². The Labute approximate surface area is 117 Å². The molecular weight excluding hydrogens is 236 g/mol. The highest BCUT2D eigenvalue weighted by molar-refractivity contribution is 5.28. The molecule has 19 heavy (non-hydrogen) atoms. The number of nitrogens with two attached hydrogens (primary N) is 1. The van der Waals surface area contributed by atoms with Crippen molar-refractivity contribution in [1.82, 2.24) is 4.90 Å². The minimum atomic E-state index is 0.161. The molecule has 0 spiro atoms. The van der Waals surface area contributed by atoms with Crippen LogP contribution in [0.3, 0.4) is 0 Å². The fourth-order valence-corrected chi connectivity index (χ4v) is 2.23. The normalized spacial score (nSPS) is 11.9. The zero-order chi connectivity index (χ0) is 14.3. The molecule has 1 aromatic rings. The molecule has 3 nitrogen and oxygen atoms in total. The second kappa shape index (κ2) is 7.51. The summed E-state index contributed by atoms with van der Waals surface area (Å²) < 4.78 is 5.28. The van der Waals surface area contributed by atoms with Crippen molar-refractivity contribution in [2.45, 2.75) is 33.7 Å². The summed E-state index contributed by atoms with van der Waals surface area (Å²) in [4.78, 5) is 2.47. The molecule has 0 saturated heterocycles. The van der Waals surface area contributed by atoms with Gasteiger partial charge in [-0.3, -0.25) is 4.90 Å². The van der Waals surface area contributed by atoms with E-state index in [1.54, 1.807) is 7.11 Å². The molecule has 0 radical (unpaired) electrons. The molecule has 108 valence electrons. The average Bonchev–Trinajstić information content (AvgIpc) is 2.39. The predicted molar refractivity (Wildman–Crippen MR) is 81.4 cm³/mol. The molecule has 0 aliphatic rings. The predicted octanol–water partition coefficient (Wildman–Crippen LogP) is 2.89. The Hall–Kier alpha value is -1.06. The zero-order valence-corrected chi connectivity index (χ0v) is 12.8. The van der Waals surface area contributed by atoms with Crippen LogP contribution in [0.1, 0.15) is 32.8 Å². The van der Waals surface area contributed by atoms with Gasteiger partial charge >= 0.3 is 0 Å². The van der Waals surface area contributed by atoms with E-state index in [-0.39, 0.29) is 5.41 Å². The van der Waals surface area contributed by atoms with E-state index in [1.807, 2.05) is 12.1 Å². The first-order valence-corrected chi connectivity index (χ1v) is 7.06. The number of nitrogens with zero attached hydrogens (tertiary/aromatic N) is 1. The maximum atomic E-state index is 5.84. The van der Waals surface area contributed by atoms with Gasteiger partial charge in [0.1, 0.15) is 5.75 Å². The topological polar surface area (TPSA) is 38.5 Å². The van der Waals surface area contributed by atoms with E-state index >= 15 is 0 Å². The first kappa shape index (κ1) is 16.0. The molecule has 1 aromatic carbocycles. The highest BCUT2D eigenvalue weighted by Gasteiger charge is 2.19. The van der Waals surface area contributed by atoms with Crippen molar-refractivity contribution in [3.8, 4) is 5.75 Å². The molecule has 0 bridgehead atoms. The fraction of sp³-hybridized carbons (Fsp3) is 0.625. The molecule has 1 rings (SSSR count). The average molecular weight is 264 g/mol. The van der Waals surface area contributed by atoms with Crippen LogP contribution in [0.15, 0.2) is 24.3 Å². The first-order valence-electron chi connectivity index (χ1n) is 7.06. The molecular formula is C16H28N2O. The molecule has 0 aliphatic carbocycles. The summed E-state index contributed by atoms with van der Waals surface area (Å²) in [6.45, 7) is 10.4. The Morgan fingerprint density at radius 2 is 2.05 bits per heavy atom. The third-order valence-electron chi connectivity index (χ3n) is 3.28. The first-order chi connectivity index (χ1) is 9.00. The van der Waals surface area contributed by atoms with Crippen LogP contribution in [0.4, 0.5) is 0 Å². The number of rotatable bonds is 8. The van der Waals surface area contributed by atoms with E-state index in [2.05, 4.69) is 37.8 Å². The van der Waals surface area contributed by atoms with Gasteiger partial charge in [0.25, 0.3) is 0 Å². The van der Waals surface area contributed by atoms with Crippen molar-refractivity contribution in [3.05, 3.63) is 29.8 Å². The van der Waals surface area contributed by atoms with Gasteiger partial charge in [-0.2, -0.15) is 0 Å². The number of benzene rings is 1. The van der Waals surface area contributed by atoms with Crippen molar-refractivity contribution in [2.75, 3.05) is 26.7 Å². The van der Waals surface area contributed by atoms with Gasteiger partial charge in [-0.15, -0.1) is 0 Å². The van der Waals surface area contributed by atoms with E-state index in [9.17, 15) is 0 Å². The Balaban J connectivity index is 2.71. The maximum Gasteiger partial charge on any atom is 0.119 e. The van der Waals surface area contributed by atoms with E-state index in [1.165, 1.54) is 5.56 Å². The number of hydrogen-bond donors (Lipinski definition) is 1. The molecule has 0 aliphatic heterocycles. The smallest absolute Gasteiger partial charge is 0.119 e. The third kappa shape index (κ3) is 5.62. The van der Waals surface area contributed by atoms with Gasteiger partial charge in [-0.25, -0.2) is 0 Å². The van der Waals surface area contributed by atoms with Gasteiger partial charge in [0, 0.05) is 13.1 Å². The summed E-state index contributed by atoms with van der Waals surface area (Å²) in [7, 11) is 1.71. The van der Waals surface area contributed by atoms with Gasteiger partial charge in [0.2, 0.25) is 0 Å². The summed E-state index contributed by atoms with van der Waals surface area (Å²) in [5.41, 5.74) is 7.30. The summed E-state index contributed by atoms with van der Waals surface area (Å²) in [6.07, 6.45) is 1.16. The summed E-state index contributed by atoms with van der Waals surface area (Å²) in [6, 6.07) is 8.29.